The minimum Gasteiger partial charge on any atom is -0.179 e. The van der Waals surface area contributed by atoms with Crippen LogP contribution < -0.4 is 0 Å². The third kappa shape index (κ3) is 1.78. The second-order valence-electron chi connectivity index (χ2n) is 11.9. The molecule has 6 fully saturated rings. The van der Waals surface area contributed by atoms with E-state index in [0.29, 0.717) is 10.8 Å². The van der Waals surface area contributed by atoms with Crippen molar-refractivity contribution in [3.63, 3.8) is 0 Å². The first-order valence-corrected chi connectivity index (χ1v) is 12.6. The van der Waals surface area contributed by atoms with Crippen LogP contribution in [0, 0.1) is 51.2 Å². The molecule has 6 aliphatic rings. The SMILES string of the molecule is CCCCCC12CC(C1C)C1C(CCCS)C3(C)CC4CCC(C)(C2)C413. The lowest BCUT2D eigenvalue weighted by Gasteiger charge is -2.83. The first-order valence-electron chi connectivity index (χ1n) is 12.0. The topological polar surface area (TPSA) is 0 Å². The quantitative estimate of drug-likeness (QED) is 0.349. The molecule has 0 aromatic rings. The standard InChI is InChI=1S/C25H42S/c1-5-6-7-11-24-15-19(17(24)2)21-20(9-8-13-26)23(4)14-18-10-12-22(3,16-24)25(18,21)23/h17-21,26H,5-16H2,1-4H3. The van der Waals surface area contributed by atoms with Gasteiger partial charge >= 0.3 is 0 Å². The molecule has 2 bridgehead atoms. The number of rotatable bonds is 7. The molecule has 9 atom stereocenters. The van der Waals surface area contributed by atoms with Crippen LogP contribution in [0.4, 0.5) is 0 Å². The van der Waals surface area contributed by atoms with E-state index in [0.717, 1.165) is 46.2 Å². The van der Waals surface area contributed by atoms with Crippen molar-refractivity contribution in [3.8, 4) is 0 Å². The molecule has 0 aromatic carbocycles. The zero-order valence-electron chi connectivity index (χ0n) is 17.8. The second kappa shape index (κ2) is 5.70. The average molecular weight is 375 g/mol. The smallest absolute Gasteiger partial charge is 0.00978 e. The van der Waals surface area contributed by atoms with Gasteiger partial charge in [0, 0.05) is 0 Å². The van der Waals surface area contributed by atoms with Gasteiger partial charge in [0.05, 0.1) is 0 Å². The predicted molar refractivity (Wildman–Crippen MR) is 115 cm³/mol. The third-order valence-electron chi connectivity index (χ3n) is 11.5. The lowest BCUT2D eigenvalue weighted by atomic mass is 9.21. The van der Waals surface area contributed by atoms with E-state index in [4.69, 9.17) is 0 Å². The largest absolute Gasteiger partial charge is 0.179 e. The zero-order chi connectivity index (χ0) is 18.4. The molecule has 0 N–H and O–H groups in total. The second-order valence-corrected chi connectivity index (χ2v) is 12.4. The summed E-state index contributed by atoms with van der Waals surface area (Å²) in [6, 6.07) is 0. The van der Waals surface area contributed by atoms with Crippen LogP contribution >= 0.6 is 12.6 Å². The number of hydrogen-bond donors (Lipinski definition) is 1. The van der Waals surface area contributed by atoms with Crippen molar-refractivity contribution in [2.75, 3.05) is 5.75 Å². The highest BCUT2D eigenvalue weighted by Gasteiger charge is 2.88. The Balaban J connectivity index is 1.50. The van der Waals surface area contributed by atoms with Gasteiger partial charge in [-0.15, -0.1) is 0 Å². The molecule has 6 aliphatic carbocycles. The molecule has 0 radical (unpaired) electrons. The van der Waals surface area contributed by atoms with Crippen molar-refractivity contribution in [2.45, 2.75) is 98.3 Å². The van der Waals surface area contributed by atoms with Crippen molar-refractivity contribution in [1.29, 1.82) is 0 Å². The van der Waals surface area contributed by atoms with Crippen molar-refractivity contribution in [1.82, 2.24) is 0 Å². The summed E-state index contributed by atoms with van der Waals surface area (Å²) in [5.74, 6) is 6.36. The molecule has 0 aromatic heterocycles. The molecular weight excluding hydrogens is 332 g/mol. The van der Waals surface area contributed by atoms with Gasteiger partial charge in [0.15, 0.2) is 0 Å². The summed E-state index contributed by atoms with van der Waals surface area (Å²) in [5.41, 5.74) is 2.83. The predicted octanol–water partition coefficient (Wildman–Crippen LogP) is 7.38. The van der Waals surface area contributed by atoms with E-state index in [1.165, 1.54) is 32.1 Å². The summed E-state index contributed by atoms with van der Waals surface area (Å²) < 4.78 is 0. The van der Waals surface area contributed by atoms with Crippen LogP contribution in [0.5, 0.6) is 0 Å². The molecule has 1 heteroatoms. The van der Waals surface area contributed by atoms with Crippen LogP contribution in [0.3, 0.4) is 0 Å². The van der Waals surface area contributed by atoms with E-state index in [2.05, 4.69) is 40.3 Å². The van der Waals surface area contributed by atoms with Crippen molar-refractivity contribution in [3.05, 3.63) is 0 Å². The Labute approximate surface area is 168 Å². The van der Waals surface area contributed by atoms with Crippen LogP contribution in [-0.4, -0.2) is 5.75 Å². The van der Waals surface area contributed by atoms with Crippen LogP contribution in [0.15, 0.2) is 0 Å². The number of hydrogen-bond acceptors (Lipinski definition) is 1. The summed E-state index contributed by atoms with van der Waals surface area (Å²) in [6.07, 6.45) is 16.6. The lowest BCUT2D eigenvalue weighted by molar-refractivity contribution is -0.358. The van der Waals surface area contributed by atoms with Crippen molar-refractivity contribution >= 4 is 12.6 Å². The normalized spacial score (nSPS) is 58.7. The van der Waals surface area contributed by atoms with Crippen molar-refractivity contribution < 1.29 is 0 Å². The Morgan fingerprint density at radius 1 is 1.08 bits per heavy atom. The molecule has 6 rings (SSSR count). The summed E-state index contributed by atoms with van der Waals surface area (Å²) >= 11 is 4.57. The Morgan fingerprint density at radius 3 is 2.58 bits per heavy atom. The highest BCUT2D eigenvalue weighted by atomic mass is 32.1. The minimum absolute atomic E-state index is 0.665. The van der Waals surface area contributed by atoms with Crippen LogP contribution in [-0.2, 0) is 0 Å². The maximum atomic E-state index is 4.57. The van der Waals surface area contributed by atoms with Crippen LogP contribution in [0.1, 0.15) is 98.3 Å². The highest BCUT2D eigenvalue weighted by Crippen LogP contribution is 2.94. The molecule has 0 nitrogen and oxygen atoms in total. The molecule has 6 saturated carbocycles. The van der Waals surface area contributed by atoms with E-state index in [-0.39, 0.29) is 0 Å². The average Bonchev–Trinajstić information content (AvgIpc) is 2.77. The van der Waals surface area contributed by atoms with Gasteiger partial charge in [-0.2, -0.15) is 12.6 Å². The first kappa shape index (κ1) is 18.4. The van der Waals surface area contributed by atoms with E-state index in [1.54, 1.807) is 38.5 Å². The Hall–Kier alpha value is 0.350. The molecule has 0 aliphatic heterocycles. The van der Waals surface area contributed by atoms with E-state index in [1.807, 2.05) is 0 Å². The van der Waals surface area contributed by atoms with Gasteiger partial charge in [-0.25, -0.2) is 0 Å². The minimum atomic E-state index is 0.665. The summed E-state index contributed by atoms with van der Waals surface area (Å²) in [7, 11) is 0. The van der Waals surface area contributed by atoms with E-state index >= 15 is 0 Å². The fourth-order valence-electron chi connectivity index (χ4n) is 10.9. The van der Waals surface area contributed by atoms with Gasteiger partial charge in [0.2, 0.25) is 0 Å². The Bertz CT molecular complexity index is 585. The third-order valence-corrected chi connectivity index (χ3v) is 11.8. The Morgan fingerprint density at radius 2 is 1.88 bits per heavy atom. The van der Waals surface area contributed by atoms with Gasteiger partial charge in [-0.05, 0) is 108 Å². The Kier molecular flexibility index (Phi) is 4.03. The zero-order valence-corrected chi connectivity index (χ0v) is 18.7. The molecule has 9 unspecified atom stereocenters. The van der Waals surface area contributed by atoms with Gasteiger partial charge in [0.1, 0.15) is 0 Å². The number of unbranched alkanes of at least 4 members (excludes halogenated alkanes) is 2. The van der Waals surface area contributed by atoms with Crippen molar-refractivity contribution in [2.24, 2.45) is 51.2 Å². The lowest BCUT2D eigenvalue weighted by Crippen LogP contribution is -2.78. The first-order chi connectivity index (χ1) is 12.4. The van der Waals surface area contributed by atoms with E-state index in [9.17, 15) is 0 Å². The molecule has 0 amide bonds. The van der Waals surface area contributed by atoms with Gasteiger partial charge < -0.3 is 0 Å². The maximum Gasteiger partial charge on any atom is -0.00978 e. The maximum absolute atomic E-state index is 4.57. The van der Waals surface area contributed by atoms with E-state index < -0.39 is 0 Å². The molecule has 0 saturated heterocycles. The summed E-state index contributed by atoms with van der Waals surface area (Å²) in [4.78, 5) is 0. The number of thiol groups is 1. The molecule has 26 heavy (non-hydrogen) atoms. The van der Waals surface area contributed by atoms with Gasteiger partial charge in [-0.1, -0.05) is 47.0 Å². The monoisotopic (exact) mass is 374 g/mol. The fraction of sp³-hybridized carbons (Fsp3) is 1.00. The van der Waals surface area contributed by atoms with Crippen LogP contribution in [0.2, 0.25) is 0 Å². The molecule has 1 spiro atoms. The van der Waals surface area contributed by atoms with Gasteiger partial charge in [0.25, 0.3) is 0 Å². The van der Waals surface area contributed by atoms with Gasteiger partial charge in [-0.3, -0.25) is 0 Å². The molecule has 0 heterocycles. The fourth-order valence-corrected chi connectivity index (χ4v) is 11.1. The summed E-state index contributed by atoms with van der Waals surface area (Å²) in [5, 5.41) is 0. The molecule has 148 valence electrons. The molecular formula is C25H42S. The summed E-state index contributed by atoms with van der Waals surface area (Å²) in [6.45, 7) is 10.6. The van der Waals surface area contributed by atoms with Crippen LogP contribution in [0.25, 0.3) is 0 Å². The highest BCUT2D eigenvalue weighted by molar-refractivity contribution is 7.80.